The van der Waals surface area contributed by atoms with Gasteiger partial charge in [-0.3, -0.25) is 9.89 Å². The van der Waals surface area contributed by atoms with Crippen molar-refractivity contribution in [1.82, 2.24) is 20.4 Å². The van der Waals surface area contributed by atoms with Crippen LogP contribution >= 0.6 is 12.4 Å². The second-order valence-corrected chi connectivity index (χ2v) is 5.65. The summed E-state index contributed by atoms with van der Waals surface area (Å²) in [6.07, 6.45) is 0.563. The molecule has 2 heterocycles. The van der Waals surface area contributed by atoms with Crippen LogP contribution in [0.1, 0.15) is 43.1 Å². The Hall–Kier alpha value is -1.07. The molecule has 1 amide bonds. The van der Waals surface area contributed by atoms with Crippen molar-refractivity contribution in [2.45, 2.75) is 46.1 Å². The van der Waals surface area contributed by atoms with Crippen LogP contribution in [-0.4, -0.2) is 46.7 Å². The number of nitrogens with one attached hydrogen (secondary N) is 2. The smallest absolute Gasteiger partial charge is 0.223 e. The van der Waals surface area contributed by atoms with Crippen molar-refractivity contribution in [2.24, 2.45) is 0 Å². The first-order valence-corrected chi connectivity index (χ1v) is 7.01. The van der Waals surface area contributed by atoms with E-state index in [1.165, 1.54) is 5.56 Å². The number of aromatic nitrogens is 2. The Balaban J connectivity index is 0.00000200. The summed E-state index contributed by atoms with van der Waals surface area (Å²) in [5, 5.41) is 10.6. The number of piperazine rings is 1. The number of amides is 1. The number of halogens is 1. The van der Waals surface area contributed by atoms with Crippen LogP contribution in [0, 0.1) is 13.8 Å². The molecule has 1 fully saturated rings. The molecule has 6 heteroatoms. The standard InChI is InChI=1S/C14H24N4O.ClH/c1-9(14-11(3)16-17-12(14)4)7-13(19)18-6-5-15-10(2)8-18;/h9-10,15H,5-8H2,1-4H3,(H,16,17);1H/t9?,10-;/m1./s1. The van der Waals surface area contributed by atoms with Crippen LogP contribution in [0.2, 0.25) is 0 Å². The average Bonchev–Trinajstić information content (AvgIpc) is 2.69. The summed E-state index contributed by atoms with van der Waals surface area (Å²) in [4.78, 5) is 14.3. The van der Waals surface area contributed by atoms with Gasteiger partial charge in [-0.15, -0.1) is 12.4 Å². The number of aromatic amines is 1. The lowest BCUT2D eigenvalue weighted by molar-refractivity contribution is -0.132. The Morgan fingerprint density at radius 3 is 2.75 bits per heavy atom. The molecular weight excluding hydrogens is 276 g/mol. The maximum atomic E-state index is 12.3. The second kappa shape index (κ2) is 7.09. The molecule has 5 nitrogen and oxygen atoms in total. The number of nitrogens with zero attached hydrogens (tertiary/aromatic N) is 2. The Morgan fingerprint density at radius 2 is 2.20 bits per heavy atom. The first-order chi connectivity index (χ1) is 8.99. The molecule has 2 rings (SSSR count). The number of rotatable bonds is 3. The van der Waals surface area contributed by atoms with E-state index >= 15 is 0 Å². The topological polar surface area (TPSA) is 61.0 Å². The summed E-state index contributed by atoms with van der Waals surface area (Å²) < 4.78 is 0. The Morgan fingerprint density at radius 1 is 1.50 bits per heavy atom. The number of carbonyl (C=O) groups excluding carboxylic acids is 1. The molecule has 0 spiro atoms. The van der Waals surface area contributed by atoms with Gasteiger partial charge in [-0.2, -0.15) is 5.10 Å². The van der Waals surface area contributed by atoms with Gasteiger partial charge in [0.1, 0.15) is 0 Å². The second-order valence-electron chi connectivity index (χ2n) is 5.65. The lowest BCUT2D eigenvalue weighted by Crippen LogP contribution is -2.51. The fourth-order valence-electron chi connectivity index (χ4n) is 2.94. The molecule has 0 aliphatic carbocycles. The van der Waals surface area contributed by atoms with E-state index in [1.807, 2.05) is 18.7 Å². The van der Waals surface area contributed by atoms with Gasteiger partial charge in [0.25, 0.3) is 0 Å². The molecule has 1 aliphatic rings. The first-order valence-electron chi connectivity index (χ1n) is 7.01. The third kappa shape index (κ3) is 3.73. The molecule has 1 unspecified atom stereocenters. The molecule has 114 valence electrons. The zero-order valence-electron chi connectivity index (χ0n) is 12.7. The van der Waals surface area contributed by atoms with E-state index in [4.69, 9.17) is 0 Å². The molecule has 1 saturated heterocycles. The molecule has 0 saturated carbocycles. The van der Waals surface area contributed by atoms with Crippen molar-refractivity contribution in [3.05, 3.63) is 17.0 Å². The third-order valence-electron chi connectivity index (χ3n) is 3.88. The molecule has 0 bridgehead atoms. The van der Waals surface area contributed by atoms with Gasteiger partial charge in [0.05, 0.1) is 5.69 Å². The molecule has 1 aromatic rings. The summed E-state index contributed by atoms with van der Waals surface area (Å²) in [5.74, 6) is 0.470. The van der Waals surface area contributed by atoms with Crippen LogP contribution in [-0.2, 0) is 4.79 Å². The van der Waals surface area contributed by atoms with E-state index in [0.717, 1.165) is 31.0 Å². The predicted molar refractivity (Wildman–Crippen MR) is 82.4 cm³/mol. The number of aryl methyl sites for hydroxylation is 2. The van der Waals surface area contributed by atoms with E-state index in [9.17, 15) is 4.79 Å². The van der Waals surface area contributed by atoms with E-state index in [0.29, 0.717) is 12.5 Å². The van der Waals surface area contributed by atoms with Crippen LogP contribution in [0.5, 0.6) is 0 Å². The first kappa shape index (κ1) is 17.0. The average molecular weight is 301 g/mol. The Bertz CT molecular complexity index is 441. The zero-order chi connectivity index (χ0) is 14.0. The van der Waals surface area contributed by atoms with Crippen LogP contribution in [0.25, 0.3) is 0 Å². The molecule has 0 aromatic carbocycles. The van der Waals surface area contributed by atoms with Gasteiger partial charge in [-0.1, -0.05) is 6.92 Å². The van der Waals surface area contributed by atoms with Crippen molar-refractivity contribution >= 4 is 18.3 Å². The molecule has 1 aromatic heterocycles. The summed E-state index contributed by atoms with van der Waals surface area (Å²) in [5.41, 5.74) is 3.27. The van der Waals surface area contributed by atoms with Gasteiger partial charge >= 0.3 is 0 Å². The molecular formula is C14H25ClN4O. The normalized spacial score (nSPS) is 20.4. The minimum atomic E-state index is 0. The monoisotopic (exact) mass is 300 g/mol. The highest BCUT2D eigenvalue weighted by Crippen LogP contribution is 2.25. The lowest BCUT2D eigenvalue weighted by atomic mass is 9.95. The van der Waals surface area contributed by atoms with E-state index < -0.39 is 0 Å². The number of hydrogen-bond donors (Lipinski definition) is 2. The van der Waals surface area contributed by atoms with Crippen LogP contribution in [0.15, 0.2) is 0 Å². The molecule has 2 N–H and O–H groups in total. The largest absolute Gasteiger partial charge is 0.340 e. The third-order valence-corrected chi connectivity index (χ3v) is 3.88. The van der Waals surface area contributed by atoms with Gasteiger partial charge in [0.15, 0.2) is 0 Å². The maximum absolute atomic E-state index is 12.3. The molecule has 0 radical (unpaired) electrons. The highest BCUT2D eigenvalue weighted by molar-refractivity contribution is 5.85. The summed E-state index contributed by atoms with van der Waals surface area (Å²) >= 11 is 0. The van der Waals surface area contributed by atoms with Crippen molar-refractivity contribution < 1.29 is 4.79 Å². The minimum Gasteiger partial charge on any atom is -0.340 e. The van der Waals surface area contributed by atoms with Gasteiger partial charge < -0.3 is 10.2 Å². The minimum absolute atomic E-state index is 0. The van der Waals surface area contributed by atoms with Crippen molar-refractivity contribution in [2.75, 3.05) is 19.6 Å². The summed E-state index contributed by atoms with van der Waals surface area (Å²) in [6.45, 7) is 10.8. The van der Waals surface area contributed by atoms with Crippen molar-refractivity contribution in [3.8, 4) is 0 Å². The summed E-state index contributed by atoms with van der Waals surface area (Å²) in [7, 11) is 0. The lowest BCUT2D eigenvalue weighted by Gasteiger charge is -2.32. The van der Waals surface area contributed by atoms with Crippen LogP contribution < -0.4 is 5.32 Å². The van der Waals surface area contributed by atoms with Gasteiger partial charge in [-0.05, 0) is 32.3 Å². The Labute approximate surface area is 126 Å². The van der Waals surface area contributed by atoms with Gasteiger partial charge in [0.2, 0.25) is 5.91 Å². The van der Waals surface area contributed by atoms with Crippen molar-refractivity contribution in [1.29, 1.82) is 0 Å². The highest BCUT2D eigenvalue weighted by atomic mass is 35.5. The zero-order valence-corrected chi connectivity index (χ0v) is 13.5. The van der Waals surface area contributed by atoms with Crippen LogP contribution in [0.3, 0.4) is 0 Å². The van der Waals surface area contributed by atoms with Gasteiger partial charge in [0, 0.05) is 37.8 Å². The molecule has 1 aliphatic heterocycles. The highest BCUT2D eigenvalue weighted by Gasteiger charge is 2.24. The fraction of sp³-hybridized carbons (Fsp3) is 0.714. The summed E-state index contributed by atoms with van der Waals surface area (Å²) in [6, 6.07) is 0.394. The number of H-pyrrole nitrogens is 1. The van der Waals surface area contributed by atoms with Crippen molar-refractivity contribution in [3.63, 3.8) is 0 Å². The quantitative estimate of drug-likeness (QED) is 0.894. The maximum Gasteiger partial charge on any atom is 0.223 e. The van der Waals surface area contributed by atoms with E-state index in [1.54, 1.807) is 0 Å². The fourth-order valence-corrected chi connectivity index (χ4v) is 2.94. The van der Waals surface area contributed by atoms with E-state index in [2.05, 4.69) is 29.4 Å². The van der Waals surface area contributed by atoms with Crippen LogP contribution in [0.4, 0.5) is 0 Å². The SMILES string of the molecule is Cc1n[nH]c(C)c1C(C)CC(=O)N1CCN[C@H](C)C1.Cl. The molecule has 20 heavy (non-hydrogen) atoms. The number of hydrogen-bond acceptors (Lipinski definition) is 3. The number of carbonyl (C=O) groups is 1. The Kier molecular flexibility index (Phi) is 6.02. The molecule has 2 atom stereocenters. The van der Waals surface area contributed by atoms with Gasteiger partial charge in [-0.25, -0.2) is 0 Å². The van der Waals surface area contributed by atoms with E-state index in [-0.39, 0.29) is 24.2 Å². The predicted octanol–water partition coefficient (Wildman–Crippen LogP) is 1.76.